The van der Waals surface area contributed by atoms with Crippen molar-refractivity contribution in [3.8, 4) is 0 Å². The van der Waals surface area contributed by atoms with E-state index in [0.29, 0.717) is 11.6 Å². The fraction of sp³-hybridized carbons (Fsp3) is 0.765. The summed E-state index contributed by atoms with van der Waals surface area (Å²) in [7, 11) is 3.76. The third-order valence-electron chi connectivity index (χ3n) is 5.23. The first kappa shape index (κ1) is 16.5. The normalized spacial score (nSPS) is 21.5. The second-order valence-electron chi connectivity index (χ2n) is 6.91. The van der Waals surface area contributed by atoms with Crippen molar-refractivity contribution in [1.82, 2.24) is 19.6 Å². The molecule has 128 valence electrons. The van der Waals surface area contributed by atoms with Crippen LogP contribution in [0, 0.1) is 5.92 Å². The molecule has 0 unspecified atom stereocenters. The molecule has 3 rings (SSSR count). The Morgan fingerprint density at radius 1 is 1.30 bits per heavy atom. The standard InChI is InChI=1S/C17H28N4O2/c1-19-13-15(11-18-19)17(22)20(2)16-3-7-21(8-4-16)12-14-5-9-23-10-6-14/h11,13-14,16H,3-10,12H2,1-2H3. The number of aromatic nitrogens is 2. The molecule has 0 aromatic carbocycles. The van der Waals surface area contributed by atoms with E-state index in [2.05, 4.69) is 10.00 Å². The molecule has 0 aliphatic carbocycles. The highest BCUT2D eigenvalue weighted by molar-refractivity contribution is 5.93. The van der Waals surface area contributed by atoms with E-state index in [4.69, 9.17) is 4.74 Å². The number of amides is 1. The summed E-state index contributed by atoms with van der Waals surface area (Å²) < 4.78 is 7.12. The maximum Gasteiger partial charge on any atom is 0.257 e. The Balaban J connectivity index is 1.47. The zero-order valence-electron chi connectivity index (χ0n) is 14.3. The summed E-state index contributed by atoms with van der Waals surface area (Å²) in [4.78, 5) is 17.0. The van der Waals surface area contributed by atoms with Gasteiger partial charge in [-0.25, -0.2) is 0 Å². The second kappa shape index (κ2) is 7.45. The number of carbonyl (C=O) groups is 1. The summed E-state index contributed by atoms with van der Waals surface area (Å²) in [5.74, 6) is 0.871. The number of nitrogens with zero attached hydrogens (tertiary/aromatic N) is 4. The molecule has 2 fully saturated rings. The molecular weight excluding hydrogens is 292 g/mol. The van der Waals surface area contributed by atoms with Crippen LogP contribution in [0.4, 0.5) is 0 Å². The number of carbonyl (C=O) groups excluding carboxylic acids is 1. The molecule has 2 aliphatic rings. The van der Waals surface area contributed by atoms with E-state index in [0.717, 1.165) is 45.1 Å². The van der Waals surface area contributed by atoms with Crippen molar-refractivity contribution in [3.63, 3.8) is 0 Å². The van der Waals surface area contributed by atoms with Crippen LogP contribution in [0.1, 0.15) is 36.0 Å². The highest BCUT2D eigenvalue weighted by Gasteiger charge is 2.27. The summed E-state index contributed by atoms with van der Waals surface area (Å²) in [6.07, 6.45) is 7.95. The van der Waals surface area contributed by atoms with Crippen molar-refractivity contribution < 1.29 is 9.53 Å². The topological polar surface area (TPSA) is 50.6 Å². The van der Waals surface area contributed by atoms with Crippen LogP contribution < -0.4 is 0 Å². The highest BCUT2D eigenvalue weighted by Crippen LogP contribution is 2.21. The number of ether oxygens (including phenoxy) is 1. The number of hydrogen-bond acceptors (Lipinski definition) is 4. The van der Waals surface area contributed by atoms with Gasteiger partial charge in [0, 0.05) is 59.2 Å². The Morgan fingerprint density at radius 2 is 2.00 bits per heavy atom. The molecule has 6 nitrogen and oxygen atoms in total. The minimum absolute atomic E-state index is 0.0842. The van der Waals surface area contributed by atoms with Crippen LogP contribution in [0.5, 0.6) is 0 Å². The van der Waals surface area contributed by atoms with Gasteiger partial charge < -0.3 is 14.5 Å². The van der Waals surface area contributed by atoms with E-state index in [-0.39, 0.29) is 5.91 Å². The maximum atomic E-state index is 12.5. The van der Waals surface area contributed by atoms with Gasteiger partial charge in [-0.1, -0.05) is 0 Å². The van der Waals surface area contributed by atoms with Crippen LogP contribution in [0.25, 0.3) is 0 Å². The van der Waals surface area contributed by atoms with Crippen molar-refractivity contribution >= 4 is 5.91 Å². The molecule has 1 aromatic rings. The molecule has 3 heterocycles. The SMILES string of the molecule is CN(C(=O)c1cnn(C)c1)C1CCN(CC2CCOCC2)CC1. The van der Waals surface area contributed by atoms with Crippen molar-refractivity contribution in [2.45, 2.75) is 31.7 Å². The Hall–Kier alpha value is -1.40. The molecule has 0 atom stereocenters. The highest BCUT2D eigenvalue weighted by atomic mass is 16.5. The van der Waals surface area contributed by atoms with E-state index >= 15 is 0 Å². The lowest BCUT2D eigenvalue weighted by Gasteiger charge is -2.38. The Kier molecular flexibility index (Phi) is 5.33. The summed E-state index contributed by atoms with van der Waals surface area (Å²) in [6, 6.07) is 0.341. The molecule has 23 heavy (non-hydrogen) atoms. The van der Waals surface area contributed by atoms with Gasteiger partial charge in [-0.3, -0.25) is 9.48 Å². The molecule has 0 spiro atoms. The van der Waals surface area contributed by atoms with Crippen LogP contribution in [0.15, 0.2) is 12.4 Å². The van der Waals surface area contributed by atoms with E-state index in [1.165, 1.54) is 19.4 Å². The third kappa shape index (κ3) is 4.12. The average Bonchev–Trinajstić information content (AvgIpc) is 3.02. The summed E-state index contributed by atoms with van der Waals surface area (Å²) in [5.41, 5.74) is 0.680. The fourth-order valence-electron chi connectivity index (χ4n) is 3.68. The first-order valence-corrected chi connectivity index (χ1v) is 8.69. The van der Waals surface area contributed by atoms with E-state index in [1.54, 1.807) is 17.1 Å². The average molecular weight is 320 g/mol. The first-order valence-electron chi connectivity index (χ1n) is 8.69. The number of hydrogen-bond donors (Lipinski definition) is 0. The predicted molar refractivity (Wildman–Crippen MR) is 88.3 cm³/mol. The zero-order chi connectivity index (χ0) is 16.2. The third-order valence-corrected chi connectivity index (χ3v) is 5.23. The number of aryl methyl sites for hydroxylation is 1. The minimum Gasteiger partial charge on any atom is -0.381 e. The molecule has 0 radical (unpaired) electrons. The lowest BCUT2D eigenvalue weighted by Crippen LogP contribution is -2.46. The van der Waals surface area contributed by atoms with Crippen molar-refractivity contribution in [1.29, 1.82) is 0 Å². The molecule has 1 aromatic heterocycles. The lowest BCUT2D eigenvalue weighted by molar-refractivity contribution is 0.0409. The van der Waals surface area contributed by atoms with Crippen LogP contribution in [0.2, 0.25) is 0 Å². The van der Waals surface area contributed by atoms with Gasteiger partial charge >= 0.3 is 0 Å². The Labute approximate surface area is 138 Å². The van der Waals surface area contributed by atoms with Gasteiger partial charge in [0.05, 0.1) is 11.8 Å². The lowest BCUT2D eigenvalue weighted by atomic mass is 9.97. The molecule has 0 saturated carbocycles. The van der Waals surface area contributed by atoms with Gasteiger partial charge in [0.15, 0.2) is 0 Å². The van der Waals surface area contributed by atoms with Crippen molar-refractivity contribution in [2.75, 3.05) is 39.9 Å². The quantitative estimate of drug-likeness (QED) is 0.841. The molecule has 6 heteroatoms. The Bertz CT molecular complexity index is 516. The van der Waals surface area contributed by atoms with Gasteiger partial charge in [-0.2, -0.15) is 5.10 Å². The molecular formula is C17H28N4O2. The summed E-state index contributed by atoms with van der Waals surface area (Å²) in [5, 5.41) is 4.09. The summed E-state index contributed by atoms with van der Waals surface area (Å²) in [6.45, 7) is 5.21. The predicted octanol–water partition coefficient (Wildman–Crippen LogP) is 1.38. The molecule has 2 aliphatic heterocycles. The van der Waals surface area contributed by atoms with Gasteiger partial charge in [-0.05, 0) is 31.6 Å². The van der Waals surface area contributed by atoms with Crippen LogP contribution >= 0.6 is 0 Å². The van der Waals surface area contributed by atoms with E-state index < -0.39 is 0 Å². The molecule has 2 saturated heterocycles. The largest absolute Gasteiger partial charge is 0.381 e. The van der Waals surface area contributed by atoms with Gasteiger partial charge in [0.1, 0.15) is 0 Å². The fourth-order valence-corrected chi connectivity index (χ4v) is 3.68. The maximum absolute atomic E-state index is 12.5. The van der Waals surface area contributed by atoms with Crippen molar-refractivity contribution in [3.05, 3.63) is 18.0 Å². The molecule has 0 N–H and O–H groups in total. The number of piperidine rings is 1. The van der Waals surface area contributed by atoms with Crippen LogP contribution in [-0.4, -0.2) is 71.4 Å². The zero-order valence-corrected chi connectivity index (χ0v) is 14.3. The molecule has 0 bridgehead atoms. The van der Waals surface area contributed by atoms with Crippen LogP contribution in [0.3, 0.4) is 0 Å². The van der Waals surface area contributed by atoms with Crippen LogP contribution in [-0.2, 0) is 11.8 Å². The first-order chi connectivity index (χ1) is 11.1. The number of rotatable bonds is 4. The minimum atomic E-state index is 0.0842. The summed E-state index contributed by atoms with van der Waals surface area (Å²) >= 11 is 0. The molecule has 1 amide bonds. The number of likely N-dealkylation sites (tertiary alicyclic amines) is 1. The monoisotopic (exact) mass is 320 g/mol. The second-order valence-corrected chi connectivity index (χ2v) is 6.91. The van der Waals surface area contributed by atoms with Gasteiger partial charge in [0.25, 0.3) is 5.91 Å². The van der Waals surface area contributed by atoms with Crippen molar-refractivity contribution in [2.24, 2.45) is 13.0 Å². The van der Waals surface area contributed by atoms with E-state index in [1.807, 2.05) is 19.0 Å². The smallest absolute Gasteiger partial charge is 0.257 e. The van der Waals surface area contributed by atoms with E-state index in [9.17, 15) is 4.79 Å². The van der Waals surface area contributed by atoms with Gasteiger partial charge in [-0.15, -0.1) is 0 Å². The van der Waals surface area contributed by atoms with Gasteiger partial charge in [0.2, 0.25) is 0 Å². The Morgan fingerprint density at radius 3 is 2.61 bits per heavy atom.